The predicted molar refractivity (Wildman–Crippen MR) is 91.6 cm³/mol. The van der Waals surface area contributed by atoms with Gasteiger partial charge in [-0.2, -0.15) is 0 Å². The average molecular weight is 326 g/mol. The van der Waals surface area contributed by atoms with Crippen LogP contribution in [0.25, 0.3) is 9.53 Å². The predicted octanol–water partition coefficient (Wildman–Crippen LogP) is 2.48. The van der Waals surface area contributed by atoms with Crippen LogP contribution in [-0.2, 0) is 0 Å². The third-order valence-electron chi connectivity index (χ3n) is 3.24. The van der Waals surface area contributed by atoms with Gasteiger partial charge in [0.15, 0.2) is 5.13 Å². The number of anilines is 1. The number of thiazole rings is 1. The first kappa shape index (κ1) is 16.2. The molecule has 2 heterocycles. The first-order valence-electron chi connectivity index (χ1n) is 6.77. The first-order chi connectivity index (χ1) is 9.73. The van der Waals surface area contributed by atoms with Crippen molar-refractivity contribution in [3.63, 3.8) is 0 Å². The van der Waals surface area contributed by atoms with E-state index in [1.165, 1.54) is 11.3 Å². The molecule has 0 unspecified atom stereocenters. The SMILES string of the molecule is CN(CC(C)(C)CN)C(=O)c1cc2sc(N(C)C)nc2s1. The van der Waals surface area contributed by atoms with Gasteiger partial charge in [-0.3, -0.25) is 4.79 Å². The lowest BCUT2D eigenvalue weighted by molar-refractivity contribution is 0.0745. The lowest BCUT2D eigenvalue weighted by atomic mass is 9.93. The Morgan fingerprint density at radius 3 is 2.52 bits per heavy atom. The number of carbonyl (C=O) groups excluding carboxylic acids is 1. The second-order valence-electron chi connectivity index (χ2n) is 6.20. The number of thiophene rings is 1. The van der Waals surface area contributed by atoms with Crippen molar-refractivity contribution in [2.75, 3.05) is 39.1 Å². The molecule has 2 rings (SSSR count). The molecule has 0 saturated heterocycles. The number of nitrogens with two attached hydrogens (primary N) is 1. The average Bonchev–Trinajstić information content (AvgIpc) is 2.95. The molecule has 0 radical (unpaired) electrons. The van der Waals surface area contributed by atoms with Gasteiger partial charge >= 0.3 is 0 Å². The van der Waals surface area contributed by atoms with Crippen molar-refractivity contribution in [3.05, 3.63) is 10.9 Å². The lowest BCUT2D eigenvalue weighted by Gasteiger charge is -2.28. The van der Waals surface area contributed by atoms with Gasteiger partial charge in [0, 0.05) is 27.7 Å². The summed E-state index contributed by atoms with van der Waals surface area (Å²) in [4.78, 5) is 22.4. The third kappa shape index (κ3) is 3.53. The summed E-state index contributed by atoms with van der Waals surface area (Å²) in [6.45, 7) is 5.32. The molecule has 116 valence electrons. The summed E-state index contributed by atoms with van der Waals surface area (Å²) in [5.41, 5.74) is 5.66. The van der Waals surface area contributed by atoms with Crippen LogP contribution in [0.4, 0.5) is 5.13 Å². The van der Waals surface area contributed by atoms with Crippen LogP contribution in [0, 0.1) is 5.41 Å². The summed E-state index contributed by atoms with van der Waals surface area (Å²) in [6.07, 6.45) is 0. The molecule has 0 fully saturated rings. The van der Waals surface area contributed by atoms with E-state index < -0.39 is 0 Å². The number of amides is 1. The normalized spacial score (nSPS) is 11.9. The maximum Gasteiger partial charge on any atom is 0.263 e. The van der Waals surface area contributed by atoms with Crippen molar-refractivity contribution in [2.45, 2.75) is 13.8 Å². The molecule has 0 bridgehead atoms. The van der Waals surface area contributed by atoms with Crippen molar-refractivity contribution in [3.8, 4) is 0 Å². The molecule has 1 amide bonds. The fraction of sp³-hybridized carbons (Fsp3) is 0.571. The zero-order valence-corrected chi connectivity index (χ0v) is 14.8. The van der Waals surface area contributed by atoms with Crippen LogP contribution < -0.4 is 10.6 Å². The van der Waals surface area contributed by atoms with Gasteiger partial charge < -0.3 is 15.5 Å². The fourth-order valence-electron chi connectivity index (χ4n) is 1.99. The third-order valence-corrected chi connectivity index (χ3v) is 5.55. The van der Waals surface area contributed by atoms with Crippen molar-refractivity contribution in [1.29, 1.82) is 0 Å². The van der Waals surface area contributed by atoms with E-state index in [0.29, 0.717) is 13.1 Å². The zero-order chi connectivity index (χ0) is 15.8. The number of rotatable bonds is 5. The zero-order valence-electron chi connectivity index (χ0n) is 13.1. The van der Waals surface area contributed by atoms with Crippen LogP contribution >= 0.6 is 22.7 Å². The number of hydrogen-bond donors (Lipinski definition) is 1. The molecule has 0 aliphatic rings. The van der Waals surface area contributed by atoms with Crippen LogP contribution in [0.3, 0.4) is 0 Å². The molecule has 7 heteroatoms. The molecule has 0 saturated carbocycles. The molecular formula is C14H22N4OS2. The summed E-state index contributed by atoms with van der Waals surface area (Å²) in [5.74, 6) is 0.0399. The van der Waals surface area contributed by atoms with Gasteiger partial charge in [-0.15, -0.1) is 11.3 Å². The highest BCUT2D eigenvalue weighted by atomic mass is 32.1. The van der Waals surface area contributed by atoms with E-state index in [0.717, 1.165) is 19.5 Å². The van der Waals surface area contributed by atoms with Gasteiger partial charge in [0.25, 0.3) is 5.91 Å². The Morgan fingerprint density at radius 1 is 1.33 bits per heavy atom. The maximum absolute atomic E-state index is 12.5. The summed E-state index contributed by atoms with van der Waals surface area (Å²) in [5, 5.41) is 0.966. The molecule has 2 N–H and O–H groups in total. The largest absolute Gasteiger partial charge is 0.354 e. The Kier molecular flexibility index (Phi) is 4.55. The van der Waals surface area contributed by atoms with Crippen LogP contribution in [0.15, 0.2) is 6.07 Å². The van der Waals surface area contributed by atoms with Gasteiger partial charge in [-0.05, 0) is 18.0 Å². The second kappa shape index (κ2) is 5.90. The Morgan fingerprint density at radius 2 is 2.00 bits per heavy atom. The van der Waals surface area contributed by atoms with Gasteiger partial charge in [0.1, 0.15) is 4.83 Å². The van der Waals surface area contributed by atoms with Crippen LogP contribution in [0.5, 0.6) is 0 Å². The van der Waals surface area contributed by atoms with Crippen LogP contribution in [0.2, 0.25) is 0 Å². The van der Waals surface area contributed by atoms with E-state index in [9.17, 15) is 4.79 Å². The second-order valence-corrected chi connectivity index (χ2v) is 8.24. The Balaban J connectivity index is 2.17. The maximum atomic E-state index is 12.5. The molecule has 0 atom stereocenters. The van der Waals surface area contributed by atoms with E-state index in [1.807, 2.05) is 32.1 Å². The summed E-state index contributed by atoms with van der Waals surface area (Å²) < 4.78 is 1.07. The molecular weight excluding hydrogens is 304 g/mol. The first-order valence-corrected chi connectivity index (χ1v) is 8.40. The number of carbonyl (C=O) groups is 1. The Labute approximate surface area is 133 Å². The minimum atomic E-state index is -0.0740. The van der Waals surface area contributed by atoms with Gasteiger partial charge in [-0.25, -0.2) is 4.98 Å². The smallest absolute Gasteiger partial charge is 0.263 e. The van der Waals surface area contributed by atoms with Gasteiger partial charge in [-0.1, -0.05) is 25.2 Å². The quantitative estimate of drug-likeness (QED) is 0.917. The lowest BCUT2D eigenvalue weighted by Crippen LogP contribution is -2.39. The topological polar surface area (TPSA) is 62.5 Å². The fourth-order valence-corrected chi connectivity index (χ4v) is 4.12. The monoisotopic (exact) mass is 326 g/mol. The Bertz CT molecular complexity index is 613. The number of hydrogen-bond acceptors (Lipinski definition) is 6. The molecule has 0 aromatic carbocycles. The van der Waals surface area contributed by atoms with Crippen LogP contribution in [-0.4, -0.2) is 50.0 Å². The summed E-state index contributed by atoms with van der Waals surface area (Å²) >= 11 is 3.06. The summed E-state index contributed by atoms with van der Waals surface area (Å²) in [7, 11) is 5.76. The van der Waals surface area contributed by atoms with E-state index in [1.54, 1.807) is 16.2 Å². The standard InChI is InChI=1S/C14H22N4OS2/c1-14(2,7-15)8-18(5)12(19)10-6-9-11(20-10)16-13(21-9)17(3)4/h6H,7-8,15H2,1-5H3. The minimum absolute atomic E-state index is 0.0399. The van der Waals surface area contributed by atoms with Crippen molar-refractivity contribution >= 4 is 43.2 Å². The molecule has 0 aliphatic carbocycles. The van der Waals surface area contributed by atoms with Crippen molar-refractivity contribution in [1.82, 2.24) is 9.88 Å². The molecule has 2 aromatic rings. The molecule has 21 heavy (non-hydrogen) atoms. The van der Waals surface area contributed by atoms with Crippen molar-refractivity contribution in [2.24, 2.45) is 11.1 Å². The van der Waals surface area contributed by atoms with E-state index in [2.05, 4.69) is 18.8 Å². The highest BCUT2D eigenvalue weighted by molar-refractivity contribution is 7.29. The van der Waals surface area contributed by atoms with Gasteiger partial charge in [0.05, 0.1) is 9.58 Å². The van der Waals surface area contributed by atoms with E-state index in [-0.39, 0.29) is 11.3 Å². The Hall–Kier alpha value is -1.18. The molecule has 5 nitrogen and oxygen atoms in total. The molecule has 2 aromatic heterocycles. The minimum Gasteiger partial charge on any atom is -0.354 e. The summed E-state index contributed by atoms with van der Waals surface area (Å²) in [6, 6.07) is 1.94. The molecule has 0 aliphatic heterocycles. The van der Waals surface area contributed by atoms with Crippen LogP contribution in [0.1, 0.15) is 23.5 Å². The highest BCUT2D eigenvalue weighted by Gasteiger charge is 2.23. The van der Waals surface area contributed by atoms with Gasteiger partial charge in [0.2, 0.25) is 0 Å². The van der Waals surface area contributed by atoms with Crippen molar-refractivity contribution < 1.29 is 4.79 Å². The van der Waals surface area contributed by atoms with E-state index >= 15 is 0 Å². The number of nitrogens with zero attached hydrogens (tertiary/aromatic N) is 3. The number of aromatic nitrogens is 1. The highest BCUT2D eigenvalue weighted by Crippen LogP contribution is 2.34. The molecule has 0 spiro atoms. The number of fused-ring (bicyclic) bond motifs is 1. The van der Waals surface area contributed by atoms with E-state index in [4.69, 9.17) is 5.73 Å².